The first-order chi connectivity index (χ1) is 5.63. The third-order valence-electron chi connectivity index (χ3n) is 0.553. The lowest BCUT2D eigenvalue weighted by atomic mass is 10.3. The number of aliphatic carboxylic acids is 2. The van der Waals surface area contributed by atoms with Crippen LogP contribution in [-0.2, 0) is 14.2 Å². The van der Waals surface area contributed by atoms with E-state index in [4.69, 9.17) is 20.0 Å². The summed E-state index contributed by atoms with van der Waals surface area (Å²) in [5.74, 6) is -2.15. The zero-order valence-corrected chi connectivity index (χ0v) is 7.77. The highest BCUT2D eigenvalue weighted by Crippen LogP contribution is 2.26. The van der Waals surface area contributed by atoms with Crippen LogP contribution in [0, 0.1) is 0 Å². The Morgan fingerprint density at radius 2 is 1.23 bits per heavy atom. The number of hydrogen-bond donors (Lipinski definition) is 4. The Kier molecular flexibility index (Phi) is 7.40. The Morgan fingerprint density at radius 3 is 1.31 bits per heavy atom. The summed E-state index contributed by atoms with van der Waals surface area (Å²) >= 11 is 0. The summed E-state index contributed by atoms with van der Waals surface area (Å²) in [5, 5.41) is 15.8. The molecule has 0 aromatic heterocycles. The summed E-state index contributed by atoms with van der Waals surface area (Å²) in [7, 11) is -3.64. The first-order valence-corrected chi connectivity index (χ1v) is 5.15. The topological polar surface area (TPSA) is 132 Å². The van der Waals surface area contributed by atoms with E-state index in [0.29, 0.717) is 0 Å². The van der Waals surface area contributed by atoms with E-state index in [1.54, 1.807) is 0 Å². The number of carboxylic acids is 2. The van der Waals surface area contributed by atoms with Crippen LogP contribution >= 0.6 is 7.60 Å². The van der Waals surface area contributed by atoms with Crippen molar-refractivity contribution in [3.8, 4) is 0 Å². The second kappa shape index (κ2) is 6.59. The largest absolute Gasteiger partial charge is 0.481 e. The van der Waals surface area contributed by atoms with Crippen molar-refractivity contribution >= 4 is 19.5 Å². The molecule has 0 bridgehead atoms. The van der Waals surface area contributed by atoms with E-state index in [0.717, 1.165) is 6.66 Å². The molecule has 7 nitrogen and oxygen atoms in total. The molecule has 0 spiro atoms. The molecule has 0 radical (unpaired) electrons. The molecule has 0 aliphatic rings. The summed E-state index contributed by atoms with van der Waals surface area (Å²) in [4.78, 5) is 34.5. The predicted octanol–water partition coefficient (Wildman–Crippen LogP) is -0.270. The van der Waals surface area contributed by atoms with Gasteiger partial charge in [-0.2, -0.15) is 0 Å². The molecule has 0 aliphatic carbocycles. The molecule has 78 valence electrons. The van der Waals surface area contributed by atoms with Gasteiger partial charge in [-0.05, 0) is 0 Å². The van der Waals surface area contributed by atoms with Crippen molar-refractivity contribution in [2.24, 2.45) is 0 Å². The van der Waals surface area contributed by atoms with Crippen molar-refractivity contribution in [3.63, 3.8) is 0 Å². The van der Waals surface area contributed by atoms with E-state index in [2.05, 4.69) is 0 Å². The highest BCUT2D eigenvalue weighted by molar-refractivity contribution is 7.50. The van der Waals surface area contributed by atoms with Crippen molar-refractivity contribution < 1.29 is 34.2 Å². The van der Waals surface area contributed by atoms with Gasteiger partial charge in [0.25, 0.3) is 0 Å². The van der Waals surface area contributed by atoms with Gasteiger partial charge >= 0.3 is 19.5 Å². The predicted molar refractivity (Wildman–Crippen MR) is 42.5 cm³/mol. The average Bonchev–Trinajstić information content (AvgIpc) is 1.79. The van der Waals surface area contributed by atoms with Crippen LogP contribution in [0.15, 0.2) is 0 Å². The quantitative estimate of drug-likeness (QED) is 0.475. The molecular formula is C5H11O7P. The first kappa shape index (κ1) is 14.6. The molecule has 0 aliphatic heterocycles. The van der Waals surface area contributed by atoms with E-state index in [1.807, 2.05) is 0 Å². The zero-order valence-electron chi connectivity index (χ0n) is 6.88. The standard InChI is InChI=1S/C4H6O4.CH5O3P/c5-3(6)1-2-4(7)8;1-5(2,3)4/h1-2H2,(H,5,6)(H,7,8);1H3,(H2,2,3,4). The van der Waals surface area contributed by atoms with Crippen molar-refractivity contribution in [2.75, 3.05) is 6.66 Å². The van der Waals surface area contributed by atoms with E-state index < -0.39 is 19.5 Å². The molecule has 0 aromatic rings. The molecule has 0 saturated heterocycles. The molecule has 0 amide bonds. The number of rotatable bonds is 3. The van der Waals surface area contributed by atoms with Crippen LogP contribution in [-0.4, -0.2) is 38.6 Å². The highest BCUT2D eigenvalue weighted by atomic mass is 31.2. The van der Waals surface area contributed by atoms with Gasteiger partial charge in [0.1, 0.15) is 0 Å². The van der Waals surface area contributed by atoms with Gasteiger partial charge in [-0.15, -0.1) is 0 Å². The molecular weight excluding hydrogens is 203 g/mol. The van der Waals surface area contributed by atoms with Gasteiger partial charge in [-0.25, -0.2) is 0 Å². The summed E-state index contributed by atoms with van der Waals surface area (Å²) in [6.07, 6.45) is -0.593. The fourth-order valence-electron chi connectivity index (χ4n) is 0.214. The Bertz CT molecular complexity index is 195. The Labute approximate surface area is 74.2 Å². The highest BCUT2D eigenvalue weighted by Gasteiger charge is 2.00. The molecule has 0 unspecified atom stereocenters. The first-order valence-electron chi connectivity index (χ1n) is 3.09. The fraction of sp³-hybridized carbons (Fsp3) is 0.600. The second-order valence-corrected chi connectivity index (χ2v) is 3.79. The van der Waals surface area contributed by atoms with E-state index >= 15 is 0 Å². The molecule has 0 aromatic carbocycles. The van der Waals surface area contributed by atoms with E-state index in [-0.39, 0.29) is 12.8 Å². The monoisotopic (exact) mass is 214 g/mol. The van der Waals surface area contributed by atoms with Crippen LogP contribution in [0.1, 0.15) is 12.8 Å². The SMILES string of the molecule is CP(=O)(O)O.O=C(O)CCC(=O)O. The number of carbonyl (C=O) groups is 2. The molecule has 0 rings (SSSR count). The second-order valence-electron chi connectivity index (χ2n) is 2.12. The van der Waals surface area contributed by atoms with Gasteiger partial charge in [0, 0.05) is 6.66 Å². The fourth-order valence-corrected chi connectivity index (χ4v) is 0.214. The lowest BCUT2D eigenvalue weighted by Gasteiger charge is -1.85. The Hall–Kier alpha value is -0.910. The van der Waals surface area contributed by atoms with Crippen molar-refractivity contribution in [2.45, 2.75) is 12.8 Å². The summed E-state index contributed by atoms with van der Waals surface area (Å²) in [5.41, 5.74) is 0. The minimum absolute atomic E-state index is 0.296. The molecule has 0 heterocycles. The maximum atomic E-state index is 9.64. The van der Waals surface area contributed by atoms with Crippen molar-refractivity contribution in [1.82, 2.24) is 0 Å². The third-order valence-corrected chi connectivity index (χ3v) is 0.553. The smallest absolute Gasteiger partial charge is 0.322 e. The van der Waals surface area contributed by atoms with Gasteiger partial charge in [0.15, 0.2) is 0 Å². The zero-order chi connectivity index (χ0) is 11.1. The summed E-state index contributed by atoms with van der Waals surface area (Å²) < 4.78 is 9.33. The van der Waals surface area contributed by atoms with Gasteiger partial charge < -0.3 is 20.0 Å². The van der Waals surface area contributed by atoms with Crippen LogP contribution in [0.25, 0.3) is 0 Å². The summed E-state index contributed by atoms with van der Waals surface area (Å²) in [6, 6.07) is 0. The van der Waals surface area contributed by atoms with Gasteiger partial charge in [-0.1, -0.05) is 0 Å². The molecule has 8 heteroatoms. The van der Waals surface area contributed by atoms with E-state index in [1.165, 1.54) is 0 Å². The molecule has 0 saturated carbocycles. The lowest BCUT2D eigenvalue weighted by Crippen LogP contribution is -2.00. The maximum Gasteiger partial charge on any atom is 0.322 e. The van der Waals surface area contributed by atoms with Crippen LogP contribution < -0.4 is 0 Å². The average molecular weight is 214 g/mol. The minimum Gasteiger partial charge on any atom is -0.481 e. The van der Waals surface area contributed by atoms with Crippen molar-refractivity contribution in [1.29, 1.82) is 0 Å². The molecule has 0 fully saturated rings. The number of carboxylic acid groups (broad SMARTS) is 2. The third kappa shape index (κ3) is 54.8. The van der Waals surface area contributed by atoms with Crippen molar-refractivity contribution in [3.05, 3.63) is 0 Å². The van der Waals surface area contributed by atoms with Gasteiger partial charge in [0.2, 0.25) is 0 Å². The minimum atomic E-state index is -3.64. The normalized spacial score (nSPS) is 9.77. The molecule has 4 N–H and O–H groups in total. The number of hydrogen-bond acceptors (Lipinski definition) is 3. The maximum absolute atomic E-state index is 9.64. The van der Waals surface area contributed by atoms with Crippen LogP contribution in [0.5, 0.6) is 0 Å². The summed E-state index contributed by atoms with van der Waals surface area (Å²) in [6.45, 7) is 0.854. The van der Waals surface area contributed by atoms with Crippen LogP contribution in [0.3, 0.4) is 0 Å². The Morgan fingerprint density at radius 1 is 1.08 bits per heavy atom. The van der Waals surface area contributed by atoms with E-state index in [9.17, 15) is 14.2 Å². The lowest BCUT2D eigenvalue weighted by molar-refractivity contribution is -0.143. The molecule has 0 atom stereocenters. The van der Waals surface area contributed by atoms with Gasteiger partial charge in [-0.3, -0.25) is 14.2 Å². The van der Waals surface area contributed by atoms with Gasteiger partial charge in [0.05, 0.1) is 12.8 Å². The van der Waals surface area contributed by atoms with Crippen LogP contribution in [0.2, 0.25) is 0 Å². The Balaban J connectivity index is 0. The molecule has 13 heavy (non-hydrogen) atoms. The van der Waals surface area contributed by atoms with Crippen LogP contribution in [0.4, 0.5) is 0 Å².